The van der Waals surface area contributed by atoms with Crippen LogP contribution in [0.2, 0.25) is 5.02 Å². The molecule has 5 nitrogen and oxygen atoms in total. The van der Waals surface area contributed by atoms with Crippen molar-refractivity contribution in [3.63, 3.8) is 0 Å². The number of hydrogen-bond acceptors (Lipinski definition) is 4. The summed E-state index contributed by atoms with van der Waals surface area (Å²) >= 11 is 5.94. The van der Waals surface area contributed by atoms with Crippen LogP contribution in [-0.2, 0) is 14.6 Å². The van der Waals surface area contributed by atoms with Crippen molar-refractivity contribution in [2.45, 2.75) is 6.04 Å². The zero-order valence-electron chi connectivity index (χ0n) is 9.39. The van der Waals surface area contributed by atoms with E-state index in [1.165, 1.54) is 0 Å². The van der Waals surface area contributed by atoms with Crippen molar-refractivity contribution in [2.75, 3.05) is 28.3 Å². The molecular formula is C11H11ClN2O3S. The second kappa shape index (κ2) is 3.86. The molecule has 0 bridgehead atoms. The number of carbonyl (C=O) groups excluding carboxylic acids is 1. The van der Waals surface area contributed by atoms with Crippen LogP contribution in [0, 0.1) is 0 Å². The summed E-state index contributed by atoms with van der Waals surface area (Å²) in [6, 6.07) is 4.53. The van der Waals surface area contributed by atoms with Crippen LogP contribution in [0.4, 0.5) is 11.4 Å². The van der Waals surface area contributed by atoms with Gasteiger partial charge in [0, 0.05) is 11.6 Å². The third-order valence-corrected chi connectivity index (χ3v) is 5.12. The van der Waals surface area contributed by atoms with Gasteiger partial charge in [0.15, 0.2) is 9.84 Å². The molecule has 1 saturated heterocycles. The molecule has 1 N–H and O–H groups in total. The predicted molar refractivity (Wildman–Crippen MR) is 69.9 cm³/mol. The first-order chi connectivity index (χ1) is 8.46. The number of amides is 1. The minimum absolute atomic E-state index is 0.0722. The molecule has 3 rings (SSSR count). The summed E-state index contributed by atoms with van der Waals surface area (Å²) in [6.07, 6.45) is 0. The molecule has 0 radical (unpaired) electrons. The van der Waals surface area contributed by atoms with E-state index in [9.17, 15) is 13.2 Å². The third-order valence-electron chi connectivity index (χ3n) is 3.26. The Morgan fingerprint density at radius 3 is 2.94 bits per heavy atom. The van der Waals surface area contributed by atoms with E-state index in [1.54, 1.807) is 18.2 Å². The quantitative estimate of drug-likeness (QED) is 0.769. The summed E-state index contributed by atoms with van der Waals surface area (Å²) in [5.41, 5.74) is 1.47. The van der Waals surface area contributed by atoms with Crippen molar-refractivity contribution in [3.8, 4) is 0 Å². The maximum Gasteiger partial charge on any atom is 0.248 e. The van der Waals surface area contributed by atoms with Gasteiger partial charge in [0.1, 0.15) is 6.04 Å². The number of nitrogens with zero attached hydrogens (tertiary/aromatic N) is 1. The fourth-order valence-electron chi connectivity index (χ4n) is 2.38. The van der Waals surface area contributed by atoms with Gasteiger partial charge in [-0.2, -0.15) is 0 Å². The molecule has 0 aromatic heterocycles. The van der Waals surface area contributed by atoms with E-state index in [0.717, 1.165) is 5.69 Å². The summed E-state index contributed by atoms with van der Waals surface area (Å²) < 4.78 is 23.2. The molecular weight excluding hydrogens is 276 g/mol. The van der Waals surface area contributed by atoms with Crippen molar-refractivity contribution < 1.29 is 13.2 Å². The van der Waals surface area contributed by atoms with Crippen LogP contribution in [0.15, 0.2) is 18.2 Å². The molecule has 1 unspecified atom stereocenters. The van der Waals surface area contributed by atoms with Crippen molar-refractivity contribution in [1.82, 2.24) is 0 Å². The smallest absolute Gasteiger partial charge is 0.248 e. The number of hydrogen-bond donors (Lipinski definition) is 1. The average Bonchev–Trinajstić information content (AvgIpc) is 2.29. The molecule has 0 spiro atoms. The lowest BCUT2D eigenvalue weighted by Crippen LogP contribution is -2.56. The summed E-state index contributed by atoms with van der Waals surface area (Å²) in [5.74, 6) is -0.332. The topological polar surface area (TPSA) is 66.5 Å². The zero-order valence-corrected chi connectivity index (χ0v) is 11.0. The van der Waals surface area contributed by atoms with Crippen molar-refractivity contribution in [1.29, 1.82) is 0 Å². The average molecular weight is 287 g/mol. The maximum atomic E-state index is 11.9. The molecule has 1 amide bonds. The minimum atomic E-state index is -3.13. The molecule has 18 heavy (non-hydrogen) atoms. The molecule has 1 fully saturated rings. The molecule has 7 heteroatoms. The highest BCUT2D eigenvalue weighted by atomic mass is 35.5. The van der Waals surface area contributed by atoms with E-state index >= 15 is 0 Å². The number of carbonyl (C=O) groups is 1. The predicted octanol–water partition coefficient (Wildman–Crippen LogP) is 0.895. The summed E-state index contributed by atoms with van der Waals surface area (Å²) in [7, 11) is -3.13. The normalized spacial score (nSPS) is 25.1. The van der Waals surface area contributed by atoms with E-state index in [0.29, 0.717) is 17.3 Å². The lowest BCUT2D eigenvalue weighted by molar-refractivity contribution is -0.117. The van der Waals surface area contributed by atoms with Gasteiger partial charge in [-0.3, -0.25) is 4.79 Å². The monoisotopic (exact) mass is 286 g/mol. The van der Waals surface area contributed by atoms with Gasteiger partial charge in [0.2, 0.25) is 5.91 Å². The molecule has 1 atom stereocenters. The number of rotatable bonds is 0. The van der Waals surface area contributed by atoms with Crippen molar-refractivity contribution in [3.05, 3.63) is 23.2 Å². The van der Waals surface area contributed by atoms with Crippen LogP contribution in [-0.4, -0.2) is 38.4 Å². The van der Waals surface area contributed by atoms with Gasteiger partial charge in [0.25, 0.3) is 0 Å². The van der Waals surface area contributed by atoms with Gasteiger partial charge in [-0.1, -0.05) is 11.6 Å². The Morgan fingerprint density at radius 1 is 1.39 bits per heavy atom. The number of nitrogens with one attached hydrogen (secondary N) is 1. The Bertz CT molecular complexity index is 629. The highest BCUT2D eigenvalue weighted by Gasteiger charge is 2.40. The first-order valence-corrected chi connectivity index (χ1v) is 7.74. The van der Waals surface area contributed by atoms with Gasteiger partial charge in [0.05, 0.1) is 22.9 Å². The van der Waals surface area contributed by atoms with Crippen LogP contribution in [0.3, 0.4) is 0 Å². The number of anilines is 2. The van der Waals surface area contributed by atoms with Gasteiger partial charge in [-0.15, -0.1) is 0 Å². The molecule has 1 aromatic rings. The molecule has 96 valence electrons. The summed E-state index contributed by atoms with van der Waals surface area (Å²) in [5, 5.41) is 3.29. The molecule has 2 aliphatic rings. The van der Waals surface area contributed by atoms with E-state index in [-0.39, 0.29) is 17.4 Å². The van der Waals surface area contributed by atoms with Crippen LogP contribution in [0.1, 0.15) is 0 Å². The van der Waals surface area contributed by atoms with Crippen LogP contribution >= 0.6 is 11.6 Å². The van der Waals surface area contributed by atoms with Crippen LogP contribution in [0.25, 0.3) is 0 Å². The highest BCUT2D eigenvalue weighted by molar-refractivity contribution is 7.91. The Balaban J connectivity index is 2.07. The third kappa shape index (κ3) is 1.85. The highest BCUT2D eigenvalue weighted by Crippen LogP contribution is 2.35. The van der Waals surface area contributed by atoms with E-state index < -0.39 is 15.9 Å². The second-order valence-corrected chi connectivity index (χ2v) is 7.14. The van der Waals surface area contributed by atoms with Crippen molar-refractivity contribution >= 4 is 38.7 Å². The number of halogens is 1. The Hall–Kier alpha value is -1.27. The van der Waals surface area contributed by atoms with Gasteiger partial charge in [-0.05, 0) is 18.2 Å². The number of benzene rings is 1. The number of sulfone groups is 1. The lowest BCUT2D eigenvalue weighted by atomic mass is 10.1. The fourth-order valence-corrected chi connectivity index (χ4v) is 4.00. The standard InChI is InChI=1S/C11H11ClN2O3S/c12-7-1-2-8-9(5-7)14-3-4-18(16,17)6-10(14)11(15)13-8/h1-2,5,10H,3-4,6H2,(H,13,15). The van der Waals surface area contributed by atoms with Gasteiger partial charge >= 0.3 is 0 Å². The number of fused-ring (bicyclic) bond motifs is 3. The molecule has 1 aromatic carbocycles. The molecule has 2 aliphatic heterocycles. The minimum Gasteiger partial charge on any atom is -0.356 e. The molecule has 0 aliphatic carbocycles. The molecule has 0 saturated carbocycles. The summed E-state index contributed by atoms with van der Waals surface area (Å²) in [6.45, 7) is 0.327. The second-order valence-electron chi connectivity index (χ2n) is 4.47. The first-order valence-electron chi connectivity index (χ1n) is 5.54. The van der Waals surface area contributed by atoms with Crippen LogP contribution < -0.4 is 10.2 Å². The SMILES string of the molecule is O=C1Nc2ccc(Cl)cc2N2CCS(=O)(=O)CC12. The maximum absolute atomic E-state index is 11.9. The van der Waals surface area contributed by atoms with E-state index in [4.69, 9.17) is 11.6 Å². The summed E-state index contributed by atoms with van der Waals surface area (Å²) in [4.78, 5) is 13.7. The van der Waals surface area contributed by atoms with E-state index in [2.05, 4.69) is 5.32 Å². The molecule has 2 heterocycles. The lowest BCUT2D eigenvalue weighted by Gasteiger charge is -2.40. The van der Waals surface area contributed by atoms with Crippen molar-refractivity contribution in [2.24, 2.45) is 0 Å². The largest absolute Gasteiger partial charge is 0.356 e. The van der Waals surface area contributed by atoms with E-state index in [1.807, 2.05) is 4.90 Å². The van der Waals surface area contributed by atoms with Gasteiger partial charge < -0.3 is 10.2 Å². The Labute approximate surface area is 110 Å². The van der Waals surface area contributed by atoms with Gasteiger partial charge in [-0.25, -0.2) is 8.42 Å². The first kappa shape index (κ1) is 11.8. The Kier molecular flexibility index (Phi) is 2.53. The fraction of sp³-hybridized carbons (Fsp3) is 0.364. The van der Waals surface area contributed by atoms with Crippen LogP contribution in [0.5, 0.6) is 0 Å². The zero-order chi connectivity index (χ0) is 12.9. The Morgan fingerprint density at radius 2 is 2.17 bits per heavy atom.